The number of hydrogen-bond donors (Lipinski definition) is 0. The Labute approximate surface area is 171 Å². The SMILES string of the molecule is N#CCCOc1ccc(C(=O)C2CC3COCC(C2)N3Cc2ccccc2)cc1. The van der Waals surface area contributed by atoms with Crippen LogP contribution in [0.3, 0.4) is 0 Å². The molecule has 2 heterocycles. The van der Waals surface area contributed by atoms with Crippen molar-refractivity contribution in [2.45, 2.75) is 37.9 Å². The van der Waals surface area contributed by atoms with E-state index in [1.165, 1.54) is 5.56 Å². The summed E-state index contributed by atoms with van der Waals surface area (Å²) in [4.78, 5) is 15.6. The molecule has 0 radical (unpaired) electrons. The Morgan fingerprint density at radius 3 is 2.41 bits per heavy atom. The van der Waals surface area contributed by atoms with Crippen LogP contribution in [0.5, 0.6) is 5.75 Å². The molecule has 2 aliphatic heterocycles. The fraction of sp³-hybridized carbons (Fsp3) is 0.417. The third-order valence-corrected chi connectivity index (χ3v) is 5.87. The third kappa shape index (κ3) is 4.67. The zero-order valence-corrected chi connectivity index (χ0v) is 16.5. The van der Waals surface area contributed by atoms with Gasteiger partial charge in [0.15, 0.2) is 5.78 Å². The molecule has 4 rings (SSSR count). The lowest BCUT2D eigenvalue weighted by molar-refractivity contribution is -0.0872. The molecular formula is C24H26N2O3. The van der Waals surface area contributed by atoms with Crippen LogP contribution in [0.1, 0.15) is 35.2 Å². The monoisotopic (exact) mass is 390 g/mol. The predicted octanol–water partition coefficient (Wildman–Crippen LogP) is 3.84. The fourth-order valence-electron chi connectivity index (χ4n) is 4.42. The molecule has 29 heavy (non-hydrogen) atoms. The van der Waals surface area contributed by atoms with Gasteiger partial charge in [-0.05, 0) is 42.7 Å². The van der Waals surface area contributed by atoms with Crippen molar-refractivity contribution in [1.82, 2.24) is 4.90 Å². The van der Waals surface area contributed by atoms with Gasteiger partial charge in [0.05, 0.1) is 25.7 Å². The molecule has 2 saturated heterocycles. The van der Waals surface area contributed by atoms with E-state index in [0.29, 0.717) is 32.0 Å². The maximum Gasteiger partial charge on any atom is 0.166 e. The highest BCUT2D eigenvalue weighted by atomic mass is 16.5. The van der Waals surface area contributed by atoms with Gasteiger partial charge in [-0.25, -0.2) is 0 Å². The molecule has 0 saturated carbocycles. The zero-order valence-electron chi connectivity index (χ0n) is 16.5. The van der Waals surface area contributed by atoms with Gasteiger partial charge in [-0.1, -0.05) is 30.3 Å². The van der Waals surface area contributed by atoms with E-state index in [1.54, 1.807) is 0 Å². The molecule has 0 spiro atoms. The summed E-state index contributed by atoms with van der Waals surface area (Å²) >= 11 is 0. The van der Waals surface area contributed by atoms with E-state index < -0.39 is 0 Å². The summed E-state index contributed by atoms with van der Waals surface area (Å²) in [6.45, 7) is 2.67. The lowest BCUT2D eigenvalue weighted by Crippen LogP contribution is -2.57. The van der Waals surface area contributed by atoms with E-state index in [2.05, 4.69) is 35.2 Å². The normalized spacial score (nSPS) is 23.9. The number of rotatable bonds is 7. The second-order valence-corrected chi connectivity index (χ2v) is 7.82. The van der Waals surface area contributed by atoms with Crippen LogP contribution in [0, 0.1) is 17.2 Å². The van der Waals surface area contributed by atoms with Crippen molar-refractivity contribution in [3.05, 3.63) is 65.7 Å². The molecule has 2 fully saturated rings. The molecule has 2 aromatic rings. The van der Waals surface area contributed by atoms with Crippen LogP contribution < -0.4 is 4.74 Å². The molecule has 0 N–H and O–H groups in total. The average molecular weight is 390 g/mol. The summed E-state index contributed by atoms with van der Waals surface area (Å²) in [5.74, 6) is 0.941. The topological polar surface area (TPSA) is 62.6 Å². The van der Waals surface area contributed by atoms with Crippen molar-refractivity contribution in [3.63, 3.8) is 0 Å². The standard InChI is InChI=1S/C24H26N2O3/c25-11-4-12-29-23-9-7-19(8-10-23)24(27)20-13-21-16-28-17-22(14-20)26(21)15-18-5-2-1-3-6-18/h1-3,5-10,20-22H,4,12-17H2. The summed E-state index contributed by atoms with van der Waals surface area (Å²) in [7, 11) is 0. The number of carbonyl (C=O) groups excluding carboxylic acids is 1. The van der Waals surface area contributed by atoms with Gasteiger partial charge in [-0.3, -0.25) is 9.69 Å². The van der Waals surface area contributed by atoms with E-state index in [0.717, 1.165) is 24.9 Å². The lowest BCUT2D eigenvalue weighted by Gasteiger charge is -2.48. The molecule has 0 aromatic heterocycles. The van der Waals surface area contributed by atoms with E-state index in [9.17, 15) is 4.79 Å². The highest BCUT2D eigenvalue weighted by Crippen LogP contribution is 2.34. The molecule has 2 bridgehead atoms. The first-order valence-electron chi connectivity index (χ1n) is 10.3. The summed E-state index contributed by atoms with van der Waals surface area (Å²) in [5, 5.41) is 8.59. The van der Waals surface area contributed by atoms with E-state index in [-0.39, 0.29) is 23.8 Å². The first kappa shape index (κ1) is 19.6. The van der Waals surface area contributed by atoms with E-state index >= 15 is 0 Å². The fourth-order valence-corrected chi connectivity index (χ4v) is 4.42. The molecule has 2 aromatic carbocycles. The van der Waals surface area contributed by atoms with Gasteiger partial charge in [-0.2, -0.15) is 5.26 Å². The van der Waals surface area contributed by atoms with Crippen LogP contribution in [0.15, 0.2) is 54.6 Å². The van der Waals surface area contributed by atoms with Gasteiger partial charge >= 0.3 is 0 Å². The number of nitriles is 1. The van der Waals surface area contributed by atoms with Gasteiger partial charge in [0.25, 0.3) is 0 Å². The summed E-state index contributed by atoms with van der Waals surface area (Å²) in [5.41, 5.74) is 2.04. The minimum Gasteiger partial charge on any atom is -0.493 e. The molecular weight excluding hydrogens is 364 g/mol. The van der Waals surface area contributed by atoms with Crippen molar-refractivity contribution >= 4 is 5.78 Å². The Balaban J connectivity index is 1.40. The van der Waals surface area contributed by atoms with Crippen molar-refractivity contribution in [2.24, 2.45) is 5.92 Å². The van der Waals surface area contributed by atoms with E-state index in [1.807, 2.05) is 30.3 Å². The molecule has 2 atom stereocenters. The number of ketones is 1. The maximum atomic E-state index is 13.1. The van der Waals surface area contributed by atoms with Crippen LogP contribution in [0.4, 0.5) is 0 Å². The van der Waals surface area contributed by atoms with Gasteiger partial charge in [0, 0.05) is 30.1 Å². The second kappa shape index (κ2) is 9.21. The lowest BCUT2D eigenvalue weighted by atomic mass is 9.80. The number of ether oxygens (including phenoxy) is 2. The molecule has 5 nitrogen and oxygen atoms in total. The van der Waals surface area contributed by atoms with Gasteiger partial charge < -0.3 is 9.47 Å². The van der Waals surface area contributed by atoms with Gasteiger partial charge in [0.1, 0.15) is 12.4 Å². The van der Waals surface area contributed by atoms with E-state index in [4.69, 9.17) is 14.7 Å². The first-order valence-corrected chi connectivity index (χ1v) is 10.3. The van der Waals surface area contributed by atoms with Crippen molar-refractivity contribution in [2.75, 3.05) is 19.8 Å². The molecule has 0 aliphatic carbocycles. The smallest absolute Gasteiger partial charge is 0.166 e. The predicted molar refractivity (Wildman–Crippen MR) is 110 cm³/mol. The summed E-state index contributed by atoms with van der Waals surface area (Å²) < 4.78 is 11.3. The van der Waals surface area contributed by atoms with Gasteiger partial charge in [0.2, 0.25) is 0 Å². The highest BCUT2D eigenvalue weighted by molar-refractivity contribution is 5.98. The first-order chi connectivity index (χ1) is 14.2. The number of hydrogen-bond acceptors (Lipinski definition) is 5. The maximum absolute atomic E-state index is 13.1. The number of morpholine rings is 1. The molecule has 2 aliphatic rings. The van der Waals surface area contributed by atoms with Crippen LogP contribution in [-0.4, -0.2) is 42.6 Å². The number of fused-ring (bicyclic) bond motifs is 2. The Morgan fingerprint density at radius 1 is 1.07 bits per heavy atom. The minimum absolute atomic E-state index is 0.0336. The van der Waals surface area contributed by atoms with Gasteiger partial charge in [-0.15, -0.1) is 0 Å². The van der Waals surface area contributed by atoms with Crippen LogP contribution in [0.25, 0.3) is 0 Å². The number of nitrogens with zero attached hydrogens (tertiary/aromatic N) is 2. The average Bonchev–Trinajstić information content (AvgIpc) is 2.74. The Morgan fingerprint density at radius 2 is 1.76 bits per heavy atom. The Kier molecular flexibility index (Phi) is 6.24. The Bertz CT molecular complexity index is 846. The molecule has 0 amide bonds. The minimum atomic E-state index is 0.0336. The number of benzene rings is 2. The van der Waals surface area contributed by atoms with Crippen molar-refractivity contribution in [3.8, 4) is 11.8 Å². The highest BCUT2D eigenvalue weighted by Gasteiger charge is 2.41. The van der Waals surface area contributed by atoms with Crippen LogP contribution in [0.2, 0.25) is 0 Å². The van der Waals surface area contributed by atoms with Crippen LogP contribution in [-0.2, 0) is 11.3 Å². The Hall–Kier alpha value is -2.68. The number of piperidine rings is 1. The molecule has 150 valence electrons. The second-order valence-electron chi connectivity index (χ2n) is 7.82. The third-order valence-electron chi connectivity index (χ3n) is 5.87. The van der Waals surface area contributed by atoms with Crippen molar-refractivity contribution < 1.29 is 14.3 Å². The quantitative estimate of drug-likeness (QED) is 0.531. The largest absolute Gasteiger partial charge is 0.493 e. The van der Waals surface area contributed by atoms with Crippen LogP contribution >= 0.6 is 0 Å². The summed E-state index contributed by atoms with van der Waals surface area (Å²) in [6, 6.07) is 20.4. The number of carbonyl (C=O) groups is 1. The van der Waals surface area contributed by atoms with Crippen molar-refractivity contribution in [1.29, 1.82) is 5.26 Å². The molecule has 2 unspecified atom stereocenters. The zero-order chi connectivity index (χ0) is 20.1. The molecule has 5 heteroatoms. The summed E-state index contributed by atoms with van der Waals surface area (Å²) in [6.07, 6.45) is 2.03. The number of Topliss-reactive ketones (excluding diaryl/α,β-unsaturated/α-hetero) is 1.